The van der Waals surface area contributed by atoms with Gasteiger partial charge in [-0.3, -0.25) is 0 Å². The van der Waals surface area contributed by atoms with Gasteiger partial charge in [0.15, 0.2) is 5.69 Å². The highest BCUT2D eigenvalue weighted by atomic mass is 35.6. The van der Waals surface area contributed by atoms with Crippen LogP contribution in [0.2, 0.25) is 0 Å². The molecule has 98 valence electrons. The summed E-state index contributed by atoms with van der Waals surface area (Å²) in [6.45, 7) is 0. The van der Waals surface area contributed by atoms with Crippen molar-refractivity contribution < 1.29 is 13.2 Å². The molecule has 2 rings (SSSR count). The Morgan fingerprint density at radius 1 is 1.22 bits per heavy atom. The average Bonchev–Trinajstić information content (AvgIpc) is 2.84. The van der Waals surface area contributed by atoms with Crippen LogP contribution in [0, 0.1) is 0 Å². The van der Waals surface area contributed by atoms with Crippen molar-refractivity contribution in [3.05, 3.63) is 29.3 Å². The third-order valence-electron chi connectivity index (χ3n) is 2.01. The molecule has 2 nitrogen and oxygen atoms in total. The lowest BCUT2D eigenvalue weighted by atomic mass is 10.3. The van der Waals surface area contributed by atoms with Gasteiger partial charge >= 0.3 is 6.18 Å². The number of hydrogen-bond donors (Lipinski definition) is 0. The fourth-order valence-electron chi connectivity index (χ4n) is 1.31. The summed E-state index contributed by atoms with van der Waals surface area (Å²) in [5.41, 5.74) is -0.991. The normalized spacial score (nSPS) is 13.0. The molecule has 0 spiro atoms. The lowest BCUT2D eigenvalue weighted by molar-refractivity contribution is -0.141. The summed E-state index contributed by atoms with van der Waals surface area (Å²) in [5, 5.41) is 5.02. The van der Waals surface area contributed by atoms with Gasteiger partial charge in [0.2, 0.25) is 0 Å². The van der Waals surface area contributed by atoms with Crippen molar-refractivity contribution >= 4 is 46.1 Å². The van der Waals surface area contributed by atoms with Gasteiger partial charge in [0.05, 0.1) is 10.6 Å². The van der Waals surface area contributed by atoms with Gasteiger partial charge in [-0.25, -0.2) is 4.68 Å². The number of aromatic nitrogens is 2. The van der Waals surface area contributed by atoms with Gasteiger partial charge in [0.25, 0.3) is 3.92 Å². The van der Waals surface area contributed by atoms with Crippen molar-refractivity contribution in [3.8, 4) is 10.6 Å². The molecule has 0 aromatic carbocycles. The maximum Gasteiger partial charge on any atom is 0.435 e. The molecule has 0 aliphatic rings. The van der Waals surface area contributed by atoms with Crippen molar-refractivity contribution in [1.29, 1.82) is 0 Å². The Balaban J connectivity index is 2.61. The Morgan fingerprint density at radius 3 is 2.33 bits per heavy atom. The molecule has 0 amide bonds. The first-order chi connectivity index (χ1) is 8.19. The van der Waals surface area contributed by atoms with Gasteiger partial charge in [0, 0.05) is 0 Å². The van der Waals surface area contributed by atoms with Crippen LogP contribution in [0.1, 0.15) is 5.69 Å². The SMILES string of the molecule is FC(F)(F)c1cc(-c2cccs2)n(C(Cl)(Cl)Cl)n1. The maximum absolute atomic E-state index is 12.6. The summed E-state index contributed by atoms with van der Waals surface area (Å²) in [5.74, 6) is 0. The van der Waals surface area contributed by atoms with Crippen LogP contribution in [0.15, 0.2) is 23.6 Å². The predicted molar refractivity (Wildman–Crippen MR) is 66.1 cm³/mol. The van der Waals surface area contributed by atoms with Gasteiger partial charge in [-0.1, -0.05) is 40.9 Å². The molecule has 2 aromatic heterocycles. The minimum atomic E-state index is -4.59. The second kappa shape index (κ2) is 4.59. The summed E-state index contributed by atoms with van der Waals surface area (Å²) >= 11 is 18.1. The number of halogens is 6. The highest BCUT2D eigenvalue weighted by Gasteiger charge is 2.38. The summed E-state index contributed by atoms with van der Waals surface area (Å²) in [6, 6.07) is 4.16. The summed E-state index contributed by atoms with van der Waals surface area (Å²) in [6.07, 6.45) is -4.59. The van der Waals surface area contributed by atoms with Gasteiger partial charge in [0.1, 0.15) is 0 Å². The van der Waals surface area contributed by atoms with E-state index in [1.54, 1.807) is 17.5 Å². The van der Waals surface area contributed by atoms with E-state index in [0.29, 0.717) is 4.88 Å². The van der Waals surface area contributed by atoms with E-state index in [2.05, 4.69) is 5.10 Å². The van der Waals surface area contributed by atoms with Gasteiger partial charge in [-0.15, -0.1) is 11.3 Å². The second-order valence-electron chi connectivity index (χ2n) is 3.27. The van der Waals surface area contributed by atoms with Crippen LogP contribution < -0.4 is 0 Å². The highest BCUT2D eigenvalue weighted by Crippen LogP contribution is 2.40. The van der Waals surface area contributed by atoms with E-state index in [1.807, 2.05) is 0 Å². The fourth-order valence-corrected chi connectivity index (χ4v) is 2.43. The van der Waals surface area contributed by atoms with E-state index < -0.39 is 15.8 Å². The van der Waals surface area contributed by atoms with Gasteiger partial charge in [-0.05, 0) is 17.5 Å². The van der Waals surface area contributed by atoms with Crippen molar-refractivity contribution in [2.75, 3.05) is 0 Å². The van der Waals surface area contributed by atoms with E-state index >= 15 is 0 Å². The van der Waals surface area contributed by atoms with Crippen molar-refractivity contribution in [1.82, 2.24) is 9.78 Å². The zero-order valence-electron chi connectivity index (χ0n) is 8.38. The summed E-state index contributed by atoms with van der Waals surface area (Å²) in [7, 11) is 0. The number of alkyl halides is 6. The quantitative estimate of drug-likeness (QED) is 0.677. The molecular formula is C9H4Cl3F3N2S. The first kappa shape index (κ1) is 14.0. The minimum absolute atomic E-state index is 0.109. The first-order valence-corrected chi connectivity index (χ1v) is 6.49. The Bertz CT molecular complexity index is 542. The molecule has 0 N–H and O–H groups in total. The van der Waals surface area contributed by atoms with E-state index in [9.17, 15) is 13.2 Å². The van der Waals surface area contributed by atoms with E-state index in [1.165, 1.54) is 11.3 Å². The Hall–Kier alpha value is -0.430. The molecule has 18 heavy (non-hydrogen) atoms. The molecule has 0 radical (unpaired) electrons. The lowest BCUT2D eigenvalue weighted by Crippen LogP contribution is -2.17. The molecule has 0 aliphatic carbocycles. The van der Waals surface area contributed by atoms with E-state index in [-0.39, 0.29) is 5.69 Å². The van der Waals surface area contributed by atoms with Crippen molar-refractivity contribution in [2.24, 2.45) is 0 Å². The molecule has 0 saturated heterocycles. The van der Waals surface area contributed by atoms with E-state index in [0.717, 1.165) is 10.7 Å². The molecule has 0 unspecified atom stereocenters. The van der Waals surface area contributed by atoms with Crippen molar-refractivity contribution in [3.63, 3.8) is 0 Å². The van der Waals surface area contributed by atoms with Crippen LogP contribution in [0.4, 0.5) is 13.2 Å². The van der Waals surface area contributed by atoms with Crippen LogP contribution in [0.25, 0.3) is 10.6 Å². The zero-order valence-corrected chi connectivity index (χ0v) is 11.5. The highest BCUT2D eigenvalue weighted by molar-refractivity contribution is 7.13. The molecule has 0 bridgehead atoms. The van der Waals surface area contributed by atoms with Crippen LogP contribution in [-0.2, 0) is 10.1 Å². The fraction of sp³-hybridized carbons (Fsp3) is 0.222. The van der Waals surface area contributed by atoms with Crippen LogP contribution in [0.3, 0.4) is 0 Å². The number of nitrogens with zero attached hydrogens (tertiary/aromatic N) is 2. The van der Waals surface area contributed by atoms with Gasteiger partial charge in [-0.2, -0.15) is 18.3 Å². The smallest absolute Gasteiger partial charge is 0.214 e. The van der Waals surface area contributed by atoms with Gasteiger partial charge < -0.3 is 0 Å². The van der Waals surface area contributed by atoms with Crippen LogP contribution in [-0.4, -0.2) is 9.78 Å². The molecule has 0 aliphatic heterocycles. The van der Waals surface area contributed by atoms with Crippen LogP contribution >= 0.6 is 46.1 Å². The molecule has 9 heteroatoms. The third kappa shape index (κ3) is 2.77. The number of rotatable bonds is 1. The molecule has 2 heterocycles. The van der Waals surface area contributed by atoms with E-state index in [4.69, 9.17) is 34.8 Å². The van der Waals surface area contributed by atoms with Crippen molar-refractivity contribution in [2.45, 2.75) is 10.1 Å². The molecule has 0 fully saturated rings. The maximum atomic E-state index is 12.6. The second-order valence-corrected chi connectivity index (χ2v) is 6.44. The first-order valence-electron chi connectivity index (χ1n) is 4.48. The Morgan fingerprint density at radius 2 is 1.89 bits per heavy atom. The Labute approximate surface area is 119 Å². The summed E-state index contributed by atoms with van der Waals surface area (Å²) < 4.78 is 36.5. The predicted octanol–water partition coefficient (Wildman–Crippen LogP) is 4.91. The third-order valence-corrected chi connectivity index (χ3v) is 3.39. The zero-order chi connectivity index (χ0) is 13.6. The average molecular weight is 336 g/mol. The Kier molecular flexibility index (Phi) is 3.57. The molecular weight excluding hydrogens is 332 g/mol. The number of thiophene rings is 1. The molecule has 0 atom stereocenters. The standard InChI is InChI=1S/C9H4Cl3F3N2S/c10-9(11,12)17-5(6-2-1-3-18-6)4-7(16-17)8(13,14)15/h1-4H. The topological polar surface area (TPSA) is 17.8 Å². The van der Waals surface area contributed by atoms with Crippen LogP contribution in [0.5, 0.6) is 0 Å². The molecule has 2 aromatic rings. The summed E-state index contributed by atoms with van der Waals surface area (Å²) in [4.78, 5) is 0.532. The minimum Gasteiger partial charge on any atom is -0.214 e. The molecule has 0 saturated carbocycles. The largest absolute Gasteiger partial charge is 0.435 e. The number of hydrogen-bond acceptors (Lipinski definition) is 2. The monoisotopic (exact) mass is 334 g/mol. The lowest BCUT2D eigenvalue weighted by Gasteiger charge is -2.14.